The molecule has 0 fully saturated rings. The Kier molecular flexibility index (Phi) is 4.12. The Bertz CT molecular complexity index is 442. The van der Waals surface area contributed by atoms with Gasteiger partial charge in [0.1, 0.15) is 0 Å². The van der Waals surface area contributed by atoms with Gasteiger partial charge < -0.3 is 0 Å². The second-order valence-electron chi connectivity index (χ2n) is 4.94. The summed E-state index contributed by atoms with van der Waals surface area (Å²) in [6.45, 7) is 2.02. The fourth-order valence-electron chi connectivity index (χ4n) is 2.43. The van der Waals surface area contributed by atoms with Gasteiger partial charge in [-0.2, -0.15) is 0 Å². The van der Waals surface area contributed by atoms with Crippen molar-refractivity contribution in [3.05, 3.63) is 47.5 Å². The van der Waals surface area contributed by atoms with Crippen LogP contribution in [0.25, 0.3) is 0 Å². The first-order chi connectivity index (χ1) is 8.59. The lowest BCUT2D eigenvalue weighted by molar-refractivity contribution is 0.202. The lowest BCUT2D eigenvalue weighted by Gasteiger charge is -2.33. The van der Waals surface area contributed by atoms with E-state index < -0.39 is 11.6 Å². The molecule has 1 nitrogen and oxygen atoms in total. The first-order valence-corrected chi connectivity index (χ1v) is 6.43. The van der Waals surface area contributed by atoms with Crippen LogP contribution in [0.3, 0.4) is 0 Å². The number of halogens is 2. The maximum atomic E-state index is 13.2. The van der Waals surface area contributed by atoms with E-state index in [0.29, 0.717) is 6.04 Å². The van der Waals surface area contributed by atoms with E-state index in [9.17, 15) is 8.78 Å². The summed E-state index contributed by atoms with van der Waals surface area (Å²) in [5, 5.41) is 0. The van der Waals surface area contributed by atoms with Crippen LogP contribution in [-0.4, -0.2) is 18.0 Å². The quantitative estimate of drug-likeness (QED) is 0.732. The molecule has 0 spiro atoms. The topological polar surface area (TPSA) is 3.24 Å². The van der Waals surface area contributed by atoms with Gasteiger partial charge in [0.2, 0.25) is 0 Å². The van der Waals surface area contributed by atoms with Crippen molar-refractivity contribution in [1.82, 2.24) is 4.90 Å². The van der Waals surface area contributed by atoms with Gasteiger partial charge in [0.15, 0.2) is 11.6 Å². The molecule has 1 aromatic carbocycles. The minimum atomic E-state index is -0.786. The fraction of sp³-hybridized carbons (Fsp3) is 0.467. The minimum absolute atomic E-state index is 0.0767. The standard InChI is InChI=1S/C15H19F2N/c1-11(12-8-9-14(16)15(17)10-12)18(2)13-6-4-3-5-7-13/h4,6,8-11,13H,3,5,7H2,1-2H3. The molecule has 3 heteroatoms. The Morgan fingerprint density at radius 1 is 1.28 bits per heavy atom. The summed E-state index contributed by atoms with van der Waals surface area (Å²) in [6, 6.07) is 4.62. The molecule has 0 saturated carbocycles. The van der Waals surface area contributed by atoms with Crippen LogP contribution in [0.4, 0.5) is 8.78 Å². The van der Waals surface area contributed by atoms with Crippen LogP contribution in [0.15, 0.2) is 30.4 Å². The molecule has 0 N–H and O–H groups in total. The zero-order chi connectivity index (χ0) is 13.1. The highest BCUT2D eigenvalue weighted by molar-refractivity contribution is 5.21. The van der Waals surface area contributed by atoms with Gasteiger partial charge >= 0.3 is 0 Å². The second kappa shape index (κ2) is 5.61. The van der Waals surface area contributed by atoms with E-state index in [1.165, 1.54) is 18.6 Å². The molecule has 1 aromatic rings. The Morgan fingerprint density at radius 2 is 2.06 bits per heavy atom. The summed E-state index contributed by atoms with van der Waals surface area (Å²) in [4.78, 5) is 2.21. The van der Waals surface area contributed by atoms with E-state index in [-0.39, 0.29) is 6.04 Å². The number of rotatable bonds is 3. The normalized spacial score (nSPS) is 21.3. The van der Waals surface area contributed by atoms with Crippen LogP contribution < -0.4 is 0 Å². The molecular formula is C15H19F2N. The lowest BCUT2D eigenvalue weighted by atomic mass is 9.98. The molecule has 1 aliphatic carbocycles. The summed E-state index contributed by atoms with van der Waals surface area (Å²) >= 11 is 0. The van der Waals surface area contributed by atoms with E-state index in [1.807, 2.05) is 14.0 Å². The predicted molar refractivity (Wildman–Crippen MR) is 69.3 cm³/mol. The van der Waals surface area contributed by atoms with E-state index in [0.717, 1.165) is 18.4 Å². The van der Waals surface area contributed by atoms with E-state index in [2.05, 4.69) is 17.1 Å². The summed E-state index contributed by atoms with van der Waals surface area (Å²) in [5.74, 6) is -1.56. The van der Waals surface area contributed by atoms with Gasteiger partial charge in [-0.15, -0.1) is 0 Å². The lowest BCUT2D eigenvalue weighted by Crippen LogP contribution is -2.33. The number of nitrogens with zero attached hydrogens (tertiary/aromatic N) is 1. The average Bonchev–Trinajstić information content (AvgIpc) is 2.41. The van der Waals surface area contributed by atoms with Crippen LogP contribution in [0.2, 0.25) is 0 Å². The monoisotopic (exact) mass is 251 g/mol. The highest BCUT2D eigenvalue weighted by Gasteiger charge is 2.20. The zero-order valence-corrected chi connectivity index (χ0v) is 10.9. The van der Waals surface area contributed by atoms with Crippen molar-refractivity contribution in [1.29, 1.82) is 0 Å². The first kappa shape index (κ1) is 13.2. The largest absolute Gasteiger partial charge is 0.293 e. The summed E-state index contributed by atoms with van der Waals surface area (Å²) in [7, 11) is 2.03. The van der Waals surface area contributed by atoms with Gasteiger partial charge in [-0.1, -0.05) is 18.2 Å². The third-order valence-electron chi connectivity index (χ3n) is 3.79. The summed E-state index contributed by atoms with van der Waals surface area (Å²) in [6.07, 6.45) is 7.86. The van der Waals surface area contributed by atoms with Crippen molar-refractivity contribution in [2.24, 2.45) is 0 Å². The number of likely N-dealkylation sites (N-methyl/N-ethyl adjacent to an activating group) is 1. The SMILES string of the molecule is CC(c1ccc(F)c(F)c1)N(C)C1C=CCCC1. The van der Waals surface area contributed by atoms with Crippen molar-refractivity contribution in [3.63, 3.8) is 0 Å². The van der Waals surface area contributed by atoms with Crippen LogP contribution >= 0.6 is 0 Å². The minimum Gasteiger partial charge on any atom is -0.293 e. The van der Waals surface area contributed by atoms with Crippen molar-refractivity contribution in [3.8, 4) is 0 Å². The summed E-state index contributed by atoms with van der Waals surface area (Å²) in [5.41, 5.74) is 0.815. The third kappa shape index (κ3) is 2.78. The van der Waals surface area contributed by atoms with Crippen LogP contribution in [0, 0.1) is 11.6 Å². The molecule has 18 heavy (non-hydrogen) atoms. The number of benzene rings is 1. The fourth-order valence-corrected chi connectivity index (χ4v) is 2.43. The number of hydrogen-bond donors (Lipinski definition) is 0. The molecule has 2 rings (SSSR count). The first-order valence-electron chi connectivity index (χ1n) is 6.43. The molecule has 0 bridgehead atoms. The zero-order valence-electron chi connectivity index (χ0n) is 10.9. The van der Waals surface area contributed by atoms with Gasteiger partial charge in [0.25, 0.3) is 0 Å². The molecule has 0 aromatic heterocycles. The molecule has 98 valence electrons. The molecule has 0 saturated heterocycles. The maximum Gasteiger partial charge on any atom is 0.159 e. The van der Waals surface area contributed by atoms with E-state index >= 15 is 0 Å². The maximum absolute atomic E-state index is 13.2. The van der Waals surface area contributed by atoms with E-state index in [1.54, 1.807) is 6.07 Å². The Morgan fingerprint density at radius 3 is 2.67 bits per heavy atom. The average molecular weight is 251 g/mol. The molecule has 2 unspecified atom stereocenters. The Labute approximate surface area is 107 Å². The van der Waals surface area contributed by atoms with Crippen molar-refractivity contribution in [2.45, 2.75) is 38.3 Å². The van der Waals surface area contributed by atoms with Gasteiger partial charge in [0.05, 0.1) is 0 Å². The Hall–Kier alpha value is -1.22. The highest BCUT2D eigenvalue weighted by Crippen LogP contribution is 2.26. The molecule has 0 heterocycles. The van der Waals surface area contributed by atoms with Gasteiger partial charge in [0, 0.05) is 12.1 Å². The smallest absolute Gasteiger partial charge is 0.159 e. The molecule has 0 aliphatic heterocycles. The van der Waals surface area contributed by atoms with Crippen molar-refractivity contribution < 1.29 is 8.78 Å². The van der Waals surface area contributed by atoms with E-state index in [4.69, 9.17) is 0 Å². The van der Waals surface area contributed by atoms with Crippen LogP contribution in [0.5, 0.6) is 0 Å². The number of hydrogen-bond acceptors (Lipinski definition) is 1. The molecular weight excluding hydrogens is 232 g/mol. The molecule has 0 radical (unpaired) electrons. The van der Waals surface area contributed by atoms with Gasteiger partial charge in [-0.05, 0) is 50.9 Å². The third-order valence-corrected chi connectivity index (χ3v) is 3.79. The molecule has 0 amide bonds. The molecule has 1 aliphatic rings. The van der Waals surface area contributed by atoms with Crippen LogP contribution in [0.1, 0.15) is 37.8 Å². The van der Waals surface area contributed by atoms with Gasteiger partial charge in [-0.3, -0.25) is 4.90 Å². The van der Waals surface area contributed by atoms with Crippen LogP contribution in [-0.2, 0) is 0 Å². The molecule has 2 atom stereocenters. The second-order valence-corrected chi connectivity index (χ2v) is 4.94. The summed E-state index contributed by atoms with van der Waals surface area (Å²) < 4.78 is 26.2. The Balaban J connectivity index is 2.14. The van der Waals surface area contributed by atoms with Crippen molar-refractivity contribution in [2.75, 3.05) is 7.05 Å². The van der Waals surface area contributed by atoms with Crippen molar-refractivity contribution >= 4 is 0 Å². The number of allylic oxidation sites excluding steroid dienone is 1. The predicted octanol–water partition coefficient (Wildman–Crippen LogP) is 4.07. The van der Waals surface area contributed by atoms with Gasteiger partial charge in [-0.25, -0.2) is 8.78 Å². The highest BCUT2D eigenvalue weighted by atomic mass is 19.2.